The molecule has 0 N–H and O–H groups in total. The van der Waals surface area contributed by atoms with E-state index in [4.69, 9.17) is 0 Å². The molecule has 1 aromatic carbocycles. The Kier molecular flexibility index (Phi) is 6.06. The number of aromatic nitrogens is 2. The van der Waals surface area contributed by atoms with Crippen LogP contribution in [-0.4, -0.2) is 15.9 Å². The fourth-order valence-electron chi connectivity index (χ4n) is 2.60. The molecule has 0 spiro atoms. The molecule has 0 aliphatic heterocycles. The Balaban J connectivity index is 1.91. The SMILES string of the molecule is Cc1cc(C)cc(N(SCc2ccnc(Br)c2)C(=O)c2cccnc2)c1. The third-order valence-electron chi connectivity index (χ3n) is 3.69. The highest BCUT2D eigenvalue weighted by atomic mass is 79.9. The van der Waals surface area contributed by atoms with Crippen LogP contribution in [0.5, 0.6) is 0 Å². The summed E-state index contributed by atoms with van der Waals surface area (Å²) >= 11 is 4.85. The number of rotatable bonds is 5. The van der Waals surface area contributed by atoms with Crippen LogP contribution < -0.4 is 4.31 Å². The van der Waals surface area contributed by atoms with Crippen LogP contribution in [0.25, 0.3) is 0 Å². The van der Waals surface area contributed by atoms with Crippen molar-refractivity contribution in [3.05, 3.63) is 87.9 Å². The summed E-state index contributed by atoms with van der Waals surface area (Å²) in [7, 11) is 0. The zero-order valence-corrected chi connectivity index (χ0v) is 16.9. The molecule has 3 aromatic rings. The van der Waals surface area contributed by atoms with Crippen molar-refractivity contribution >= 4 is 39.5 Å². The summed E-state index contributed by atoms with van der Waals surface area (Å²) < 4.78 is 2.53. The van der Waals surface area contributed by atoms with Crippen molar-refractivity contribution in [1.29, 1.82) is 0 Å². The summed E-state index contributed by atoms with van der Waals surface area (Å²) in [5.74, 6) is 0.571. The molecule has 4 nitrogen and oxygen atoms in total. The number of hydrogen-bond acceptors (Lipinski definition) is 4. The van der Waals surface area contributed by atoms with Gasteiger partial charge in [0, 0.05) is 24.3 Å². The van der Waals surface area contributed by atoms with Crippen LogP contribution in [0.15, 0.2) is 65.7 Å². The zero-order valence-electron chi connectivity index (χ0n) is 14.5. The Morgan fingerprint density at radius 3 is 2.54 bits per heavy atom. The average Bonchev–Trinajstić information content (AvgIpc) is 2.62. The monoisotopic (exact) mass is 427 g/mol. The lowest BCUT2D eigenvalue weighted by atomic mass is 10.1. The van der Waals surface area contributed by atoms with E-state index < -0.39 is 0 Å². The number of hydrogen-bond donors (Lipinski definition) is 0. The molecule has 0 atom stereocenters. The van der Waals surface area contributed by atoms with Gasteiger partial charge in [-0.1, -0.05) is 6.07 Å². The van der Waals surface area contributed by atoms with E-state index in [1.807, 2.05) is 38.1 Å². The molecule has 1 amide bonds. The van der Waals surface area contributed by atoms with Gasteiger partial charge in [0.05, 0.1) is 11.3 Å². The number of amides is 1. The van der Waals surface area contributed by atoms with Crippen LogP contribution >= 0.6 is 27.9 Å². The highest BCUT2D eigenvalue weighted by molar-refractivity contribution is 9.10. The lowest BCUT2D eigenvalue weighted by Crippen LogP contribution is -2.24. The van der Waals surface area contributed by atoms with E-state index in [2.05, 4.69) is 32.0 Å². The Labute approximate surface area is 165 Å². The summed E-state index contributed by atoms with van der Waals surface area (Å²) in [6.07, 6.45) is 5.02. The van der Waals surface area contributed by atoms with Crippen LogP contribution in [0.3, 0.4) is 0 Å². The third kappa shape index (κ3) is 4.71. The standard InChI is InChI=1S/C20H18BrN3OS/c1-14-8-15(2)10-18(9-14)24(20(25)17-4-3-6-22-12-17)26-13-16-5-7-23-19(21)11-16/h3-12H,13H2,1-2H3. The first-order chi connectivity index (χ1) is 12.5. The van der Waals surface area contributed by atoms with E-state index in [0.29, 0.717) is 11.3 Å². The minimum Gasteiger partial charge on any atom is -0.268 e. The fourth-order valence-corrected chi connectivity index (χ4v) is 3.94. The maximum absolute atomic E-state index is 13.1. The van der Waals surface area contributed by atoms with Gasteiger partial charge >= 0.3 is 0 Å². The first kappa shape index (κ1) is 18.6. The molecule has 2 aromatic heterocycles. The largest absolute Gasteiger partial charge is 0.269 e. The van der Waals surface area contributed by atoms with Crippen LogP contribution in [0.1, 0.15) is 27.0 Å². The highest BCUT2D eigenvalue weighted by Crippen LogP contribution is 2.29. The molecule has 2 heterocycles. The molecule has 0 unspecified atom stereocenters. The molecule has 132 valence electrons. The number of pyridine rings is 2. The molecule has 0 aliphatic carbocycles. The summed E-state index contributed by atoms with van der Waals surface area (Å²) in [4.78, 5) is 21.3. The van der Waals surface area contributed by atoms with Gasteiger partial charge in [-0.3, -0.25) is 9.78 Å². The fraction of sp³-hybridized carbons (Fsp3) is 0.150. The van der Waals surface area contributed by atoms with E-state index in [9.17, 15) is 4.79 Å². The van der Waals surface area contributed by atoms with E-state index in [0.717, 1.165) is 27.0 Å². The topological polar surface area (TPSA) is 46.1 Å². The van der Waals surface area contributed by atoms with Gasteiger partial charge in [0.15, 0.2) is 0 Å². The number of halogens is 1. The Morgan fingerprint density at radius 1 is 1.12 bits per heavy atom. The Hall–Kier alpha value is -2.18. The van der Waals surface area contributed by atoms with Gasteiger partial charge in [0.1, 0.15) is 4.60 Å². The first-order valence-electron chi connectivity index (χ1n) is 8.09. The van der Waals surface area contributed by atoms with Crippen LogP contribution in [0, 0.1) is 13.8 Å². The van der Waals surface area contributed by atoms with Gasteiger partial charge in [0.25, 0.3) is 5.91 Å². The van der Waals surface area contributed by atoms with Gasteiger partial charge in [-0.2, -0.15) is 0 Å². The van der Waals surface area contributed by atoms with Gasteiger partial charge in [-0.05, 0) is 94.8 Å². The smallest absolute Gasteiger partial charge is 0.268 e. The quantitative estimate of drug-likeness (QED) is 0.406. The van der Waals surface area contributed by atoms with E-state index in [1.54, 1.807) is 35.0 Å². The van der Waals surface area contributed by atoms with Crippen LogP contribution in [-0.2, 0) is 5.75 Å². The van der Waals surface area contributed by atoms with Crippen molar-refractivity contribution in [2.24, 2.45) is 0 Å². The Bertz CT molecular complexity index is 898. The summed E-state index contributed by atoms with van der Waals surface area (Å²) in [5, 5.41) is 0. The van der Waals surface area contributed by atoms with E-state index in [1.165, 1.54) is 11.9 Å². The molecule has 3 rings (SSSR count). The lowest BCUT2D eigenvalue weighted by molar-refractivity contribution is 0.101. The normalized spacial score (nSPS) is 10.6. The molecule has 26 heavy (non-hydrogen) atoms. The summed E-state index contributed by atoms with van der Waals surface area (Å²) in [6, 6.07) is 13.6. The number of carbonyl (C=O) groups is 1. The summed E-state index contributed by atoms with van der Waals surface area (Å²) in [6.45, 7) is 4.07. The predicted molar refractivity (Wildman–Crippen MR) is 110 cm³/mol. The second-order valence-electron chi connectivity index (χ2n) is 5.95. The average molecular weight is 428 g/mol. The number of anilines is 1. The lowest BCUT2D eigenvalue weighted by Gasteiger charge is -2.22. The zero-order chi connectivity index (χ0) is 18.5. The van der Waals surface area contributed by atoms with Crippen LogP contribution in [0.4, 0.5) is 5.69 Å². The predicted octanol–water partition coefficient (Wildman–Crippen LogP) is 5.35. The number of aryl methyl sites for hydroxylation is 2. The second kappa shape index (κ2) is 8.47. The molecule has 6 heteroatoms. The highest BCUT2D eigenvalue weighted by Gasteiger charge is 2.19. The molecule has 0 bridgehead atoms. The number of carbonyl (C=O) groups excluding carboxylic acids is 1. The van der Waals surface area contributed by atoms with Gasteiger partial charge in [0.2, 0.25) is 0 Å². The minimum atomic E-state index is -0.0822. The summed E-state index contributed by atoms with van der Waals surface area (Å²) in [5.41, 5.74) is 4.77. The van der Waals surface area contributed by atoms with E-state index >= 15 is 0 Å². The molecule has 0 fully saturated rings. The second-order valence-corrected chi connectivity index (χ2v) is 7.67. The van der Waals surface area contributed by atoms with Gasteiger partial charge in [-0.25, -0.2) is 9.29 Å². The molecular weight excluding hydrogens is 410 g/mol. The molecular formula is C20H18BrN3OS. The maximum Gasteiger partial charge on any atom is 0.269 e. The van der Waals surface area contributed by atoms with Crippen molar-refractivity contribution in [2.75, 3.05) is 4.31 Å². The molecule has 0 aliphatic rings. The van der Waals surface area contributed by atoms with Crippen molar-refractivity contribution in [3.63, 3.8) is 0 Å². The van der Waals surface area contributed by atoms with Crippen molar-refractivity contribution in [1.82, 2.24) is 9.97 Å². The van der Waals surface area contributed by atoms with Gasteiger partial charge in [-0.15, -0.1) is 0 Å². The number of benzene rings is 1. The van der Waals surface area contributed by atoms with Crippen LogP contribution in [0.2, 0.25) is 0 Å². The number of nitrogens with zero attached hydrogens (tertiary/aromatic N) is 3. The van der Waals surface area contributed by atoms with Gasteiger partial charge < -0.3 is 0 Å². The molecule has 0 saturated carbocycles. The van der Waals surface area contributed by atoms with E-state index in [-0.39, 0.29) is 5.91 Å². The first-order valence-corrected chi connectivity index (χ1v) is 9.82. The van der Waals surface area contributed by atoms with Crippen molar-refractivity contribution in [3.8, 4) is 0 Å². The molecule has 0 saturated heterocycles. The molecule has 0 radical (unpaired) electrons. The van der Waals surface area contributed by atoms with Crippen molar-refractivity contribution in [2.45, 2.75) is 19.6 Å². The minimum absolute atomic E-state index is 0.0822. The Morgan fingerprint density at radius 2 is 1.88 bits per heavy atom. The van der Waals surface area contributed by atoms with Crippen molar-refractivity contribution < 1.29 is 4.79 Å². The maximum atomic E-state index is 13.1. The third-order valence-corrected chi connectivity index (χ3v) is 5.22.